The Hall–Kier alpha value is -0.710. The van der Waals surface area contributed by atoms with E-state index in [4.69, 9.17) is 0 Å². The maximum absolute atomic E-state index is 13.0. The molecule has 1 N–H and O–H groups in total. The van der Waals surface area contributed by atoms with Crippen LogP contribution in [-0.2, 0) is 6.54 Å². The van der Waals surface area contributed by atoms with E-state index in [-0.39, 0.29) is 11.9 Å². The Kier molecular flexibility index (Phi) is 4.54. The molecule has 0 saturated heterocycles. The third-order valence-electron chi connectivity index (χ3n) is 2.99. The van der Waals surface area contributed by atoms with E-state index in [2.05, 4.69) is 45.9 Å². The summed E-state index contributed by atoms with van der Waals surface area (Å²) in [5, 5.41) is 7.77. The van der Waals surface area contributed by atoms with Crippen LogP contribution in [0.2, 0.25) is 0 Å². The van der Waals surface area contributed by atoms with Gasteiger partial charge in [-0.05, 0) is 53.4 Å². The molecular formula is C14H15BrFNS. The highest BCUT2D eigenvalue weighted by Crippen LogP contribution is 2.24. The Morgan fingerprint density at radius 2 is 2.17 bits per heavy atom. The molecule has 0 bridgehead atoms. The Morgan fingerprint density at radius 1 is 1.39 bits per heavy atom. The van der Waals surface area contributed by atoms with Gasteiger partial charge >= 0.3 is 0 Å². The van der Waals surface area contributed by atoms with Crippen LogP contribution in [0.1, 0.15) is 29.7 Å². The number of benzene rings is 1. The van der Waals surface area contributed by atoms with Crippen LogP contribution in [0.4, 0.5) is 4.39 Å². The third-order valence-corrected chi connectivity index (χ3v) is 4.59. The van der Waals surface area contributed by atoms with Gasteiger partial charge in [0.2, 0.25) is 0 Å². The Bertz CT molecular complexity index is 538. The van der Waals surface area contributed by atoms with Gasteiger partial charge in [-0.15, -0.1) is 0 Å². The quantitative estimate of drug-likeness (QED) is 0.849. The fourth-order valence-electron chi connectivity index (χ4n) is 1.79. The lowest BCUT2D eigenvalue weighted by Gasteiger charge is -2.16. The first-order chi connectivity index (χ1) is 8.58. The number of aryl methyl sites for hydroxylation is 1. The van der Waals surface area contributed by atoms with E-state index in [1.807, 2.05) is 6.07 Å². The second-order valence-electron chi connectivity index (χ2n) is 4.35. The van der Waals surface area contributed by atoms with Gasteiger partial charge in [0, 0.05) is 17.1 Å². The van der Waals surface area contributed by atoms with Crippen molar-refractivity contribution < 1.29 is 4.39 Å². The number of rotatable bonds is 4. The number of hydrogen-bond acceptors (Lipinski definition) is 2. The van der Waals surface area contributed by atoms with E-state index >= 15 is 0 Å². The maximum Gasteiger partial charge on any atom is 0.124 e. The van der Waals surface area contributed by atoms with Gasteiger partial charge in [-0.3, -0.25) is 0 Å². The number of hydrogen-bond donors (Lipinski definition) is 1. The molecule has 0 saturated carbocycles. The monoisotopic (exact) mass is 327 g/mol. The Labute approximate surface area is 119 Å². The lowest BCUT2D eigenvalue weighted by atomic mass is 10.1. The summed E-state index contributed by atoms with van der Waals surface area (Å²) in [4.78, 5) is 0. The first kappa shape index (κ1) is 13.7. The van der Waals surface area contributed by atoms with Gasteiger partial charge in [0.15, 0.2) is 0 Å². The summed E-state index contributed by atoms with van der Waals surface area (Å²) < 4.78 is 13.8. The van der Waals surface area contributed by atoms with Crippen molar-refractivity contribution in [2.24, 2.45) is 0 Å². The lowest BCUT2D eigenvalue weighted by Crippen LogP contribution is -2.18. The summed E-state index contributed by atoms with van der Waals surface area (Å²) in [6.07, 6.45) is 0. The summed E-state index contributed by atoms with van der Waals surface area (Å²) >= 11 is 5.12. The van der Waals surface area contributed by atoms with Gasteiger partial charge in [0.05, 0.1) is 0 Å². The molecule has 0 aliphatic heterocycles. The van der Waals surface area contributed by atoms with E-state index in [9.17, 15) is 4.39 Å². The molecule has 2 rings (SSSR count). The van der Waals surface area contributed by atoms with E-state index in [1.165, 1.54) is 23.3 Å². The van der Waals surface area contributed by atoms with Crippen LogP contribution in [-0.4, -0.2) is 0 Å². The van der Waals surface area contributed by atoms with Crippen LogP contribution in [0.3, 0.4) is 0 Å². The van der Waals surface area contributed by atoms with Crippen molar-refractivity contribution in [3.8, 4) is 0 Å². The van der Waals surface area contributed by atoms with Crippen molar-refractivity contribution in [1.29, 1.82) is 0 Å². The normalized spacial score (nSPS) is 12.7. The first-order valence-corrected chi connectivity index (χ1v) is 7.51. The van der Waals surface area contributed by atoms with Crippen molar-refractivity contribution >= 4 is 27.3 Å². The van der Waals surface area contributed by atoms with Gasteiger partial charge in [-0.2, -0.15) is 11.3 Å². The van der Waals surface area contributed by atoms with Crippen LogP contribution < -0.4 is 5.32 Å². The third kappa shape index (κ3) is 3.19. The second kappa shape index (κ2) is 5.95. The number of thiophene rings is 1. The molecule has 1 nitrogen and oxygen atoms in total. The molecule has 4 heteroatoms. The van der Waals surface area contributed by atoms with Crippen molar-refractivity contribution in [3.63, 3.8) is 0 Å². The fraction of sp³-hybridized carbons (Fsp3) is 0.286. The van der Waals surface area contributed by atoms with Crippen LogP contribution in [0.5, 0.6) is 0 Å². The smallest absolute Gasteiger partial charge is 0.124 e. The molecule has 1 heterocycles. The van der Waals surface area contributed by atoms with Crippen LogP contribution in [0.25, 0.3) is 0 Å². The van der Waals surface area contributed by atoms with Gasteiger partial charge in [0.25, 0.3) is 0 Å². The topological polar surface area (TPSA) is 12.0 Å². The summed E-state index contributed by atoms with van der Waals surface area (Å²) in [5.74, 6) is -0.216. The van der Waals surface area contributed by atoms with E-state index < -0.39 is 0 Å². The van der Waals surface area contributed by atoms with Gasteiger partial charge in [-0.25, -0.2) is 4.39 Å². The second-order valence-corrected chi connectivity index (χ2v) is 5.95. The Balaban J connectivity index is 2.03. The predicted molar refractivity (Wildman–Crippen MR) is 78.4 cm³/mol. The van der Waals surface area contributed by atoms with Crippen molar-refractivity contribution in [3.05, 3.63) is 55.9 Å². The molecule has 0 spiro atoms. The summed E-state index contributed by atoms with van der Waals surface area (Å²) in [7, 11) is 0. The molecule has 0 aliphatic rings. The molecule has 0 amide bonds. The van der Waals surface area contributed by atoms with Crippen molar-refractivity contribution in [2.45, 2.75) is 26.4 Å². The largest absolute Gasteiger partial charge is 0.306 e. The highest BCUT2D eigenvalue weighted by Gasteiger charge is 2.10. The standard InChI is InChI=1S/C14H15BrFNS/c1-9-7-18-8-11(9)6-17-10(2)13-4-3-12(16)5-14(13)15/h3-5,7-8,10,17H,6H2,1-2H3. The molecule has 0 fully saturated rings. The first-order valence-electron chi connectivity index (χ1n) is 5.78. The highest BCUT2D eigenvalue weighted by molar-refractivity contribution is 9.10. The van der Waals surface area contributed by atoms with Crippen LogP contribution in [0, 0.1) is 12.7 Å². The zero-order chi connectivity index (χ0) is 13.1. The fourth-order valence-corrected chi connectivity index (χ4v) is 3.34. The molecule has 2 aromatic rings. The predicted octanol–water partition coefficient (Wildman–Crippen LogP) is 4.81. The van der Waals surface area contributed by atoms with E-state index in [0.717, 1.165) is 16.6 Å². The van der Waals surface area contributed by atoms with Gasteiger partial charge in [-0.1, -0.05) is 22.0 Å². The number of halogens is 2. The van der Waals surface area contributed by atoms with Crippen LogP contribution in [0.15, 0.2) is 33.4 Å². The van der Waals surface area contributed by atoms with E-state index in [1.54, 1.807) is 11.3 Å². The van der Waals surface area contributed by atoms with Gasteiger partial charge < -0.3 is 5.32 Å². The SMILES string of the molecule is Cc1cscc1CNC(C)c1ccc(F)cc1Br. The van der Waals surface area contributed by atoms with Crippen molar-refractivity contribution in [1.82, 2.24) is 5.32 Å². The van der Waals surface area contributed by atoms with Crippen LogP contribution >= 0.6 is 27.3 Å². The Morgan fingerprint density at radius 3 is 2.78 bits per heavy atom. The molecule has 0 aliphatic carbocycles. The minimum absolute atomic E-state index is 0.180. The summed E-state index contributed by atoms with van der Waals surface area (Å²) in [5.41, 5.74) is 3.72. The molecule has 1 unspecified atom stereocenters. The minimum Gasteiger partial charge on any atom is -0.306 e. The molecule has 1 atom stereocenters. The van der Waals surface area contributed by atoms with Gasteiger partial charge in [0.1, 0.15) is 5.82 Å². The summed E-state index contributed by atoms with van der Waals surface area (Å²) in [6, 6.07) is 4.99. The van der Waals surface area contributed by atoms with E-state index in [0.29, 0.717) is 0 Å². The molecule has 18 heavy (non-hydrogen) atoms. The molecule has 96 valence electrons. The molecule has 0 radical (unpaired) electrons. The summed E-state index contributed by atoms with van der Waals surface area (Å²) in [6.45, 7) is 5.03. The maximum atomic E-state index is 13.0. The average molecular weight is 328 g/mol. The number of nitrogens with one attached hydrogen (secondary N) is 1. The molecule has 1 aromatic carbocycles. The minimum atomic E-state index is -0.216. The zero-order valence-electron chi connectivity index (χ0n) is 10.3. The highest BCUT2D eigenvalue weighted by atomic mass is 79.9. The zero-order valence-corrected chi connectivity index (χ0v) is 12.7. The average Bonchev–Trinajstić information content (AvgIpc) is 2.72. The lowest BCUT2D eigenvalue weighted by molar-refractivity contribution is 0.568. The molecular weight excluding hydrogens is 313 g/mol. The van der Waals surface area contributed by atoms with Crippen molar-refractivity contribution in [2.75, 3.05) is 0 Å². The molecule has 1 aromatic heterocycles.